The summed E-state index contributed by atoms with van der Waals surface area (Å²) in [6, 6.07) is 9.58. The van der Waals surface area contributed by atoms with E-state index >= 15 is 0 Å². The fraction of sp³-hybridized carbons (Fsp3) is 0.222. The maximum atomic E-state index is 12.2. The number of carbonyl (C=O) groups is 2. The van der Waals surface area contributed by atoms with E-state index in [2.05, 4.69) is 10.1 Å². The number of benzene rings is 2. The lowest BCUT2D eigenvalue weighted by atomic mass is 10.2. The molecule has 0 fully saturated rings. The third-order valence-electron chi connectivity index (χ3n) is 3.39. The van der Waals surface area contributed by atoms with Gasteiger partial charge in [-0.25, -0.2) is 4.79 Å². The lowest BCUT2D eigenvalue weighted by Crippen LogP contribution is -2.30. The van der Waals surface area contributed by atoms with Crippen LogP contribution in [0.25, 0.3) is 0 Å². The molecule has 2 rings (SSSR count). The minimum atomic E-state index is -2.96. The highest BCUT2D eigenvalue weighted by Gasteiger charge is 2.20. The van der Waals surface area contributed by atoms with Crippen molar-refractivity contribution in [3.8, 4) is 11.5 Å². The number of amides is 1. The number of halogens is 3. The number of esters is 1. The summed E-state index contributed by atoms with van der Waals surface area (Å²) in [4.78, 5) is 24.3. The Morgan fingerprint density at radius 3 is 2.37 bits per heavy atom. The first kappa shape index (κ1) is 20.4. The van der Waals surface area contributed by atoms with E-state index in [1.807, 2.05) is 0 Å². The quantitative estimate of drug-likeness (QED) is 0.708. The Kier molecular flexibility index (Phi) is 6.95. The third-order valence-corrected chi connectivity index (χ3v) is 3.62. The Morgan fingerprint density at radius 1 is 1.11 bits per heavy atom. The fourth-order valence-corrected chi connectivity index (χ4v) is 2.24. The largest absolute Gasteiger partial charge is 0.495 e. The molecule has 1 N–H and O–H groups in total. The molecule has 2 aromatic carbocycles. The number of carbonyl (C=O) groups excluding carboxylic acids is 2. The van der Waals surface area contributed by atoms with E-state index in [-0.39, 0.29) is 11.3 Å². The van der Waals surface area contributed by atoms with Crippen LogP contribution in [0, 0.1) is 0 Å². The number of anilines is 1. The summed E-state index contributed by atoms with van der Waals surface area (Å²) in [5.74, 6) is -1.10. The lowest BCUT2D eigenvalue weighted by molar-refractivity contribution is -0.123. The van der Waals surface area contributed by atoms with E-state index < -0.39 is 24.6 Å². The van der Waals surface area contributed by atoms with Crippen molar-refractivity contribution in [3.63, 3.8) is 0 Å². The zero-order valence-electron chi connectivity index (χ0n) is 14.4. The van der Waals surface area contributed by atoms with Crippen LogP contribution in [0.3, 0.4) is 0 Å². The smallest absolute Gasteiger partial charge is 0.387 e. The normalized spacial score (nSPS) is 11.6. The number of hydrogen-bond donors (Lipinski definition) is 1. The minimum absolute atomic E-state index is 0.0802. The Bertz CT molecular complexity index is 814. The minimum Gasteiger partial charge on any atom is -0.495 e. The summed E-state index contributed by atoms with van der Waals surface area (Å²) in [6.07, 6.45) is -1.13. The Hall–Kier alpha value is -2.87. The Labute approximate surface area is 159 Å². The van der Waals surface area contributed by atoms with Gasteiger partial charge in [-0.1, -0.05) is 11.6 Å². The predicted octanol–water partition coefficient (Wildman–Crippen LogP) is 4.13. The van der Waals surface area contributed by atoms with E-state index in [0.29, 0.717) is 16.5 Å². The number of methoxy groups -OCH3 is 1. The first-order chi connectivity index (χ1) is 12.8. The van der Waals surface area contributed by atoms with Crippen LogP contribution in [0.15, 0.2) is 42.5 Å². The molecule has 144 valence electrons. The van der Waals surface area contributed by atoms with E-state index in [0.717, 1.165) is 0 Å². The molecule has 2 aromatic rings. The highest BCUT2D eigenvalue weighted by Crippen LogP contribution is 2.28. The van der Waals surface area contributed by atoms with Crippen LogP contribution in [-0.2, 0) is 9.53 Å². The Morgan fingerprint density at radius 2 is 1.78 bits per heavy atom. The van der Waals surface area contributed by atoms with E-state index in [1.165, 1.54) is 44.4 Å². The molecule has 0 aliphatic heterocycles. The molecule has 0 aliphatic rings. The van der Waals surface area contributed by atoms with Crippen LogP contribution in [0.2, 0.25) is 5.02 Å². The van der Waals surface area contributed by atoms with Crippen LogP contribution in [0.1, 0.15) is 17.3 Å². The number of rotatable bonds is 7. The molecule has 0 bridgehead atoms. The zero-order valence-corrected chi connectivity index (χ0v) is 15.1. The maximum Gasteiger partial charge on any atom is 0.387 e. The van der Waals surface area contributed by atoms with Gasteiger partial charge in [0.05, 0.1) is 18.4 Å². The third kappa shape index (κ3) is 5.82. The summed E-state index contributed by atoms with van der Waals surface area (Å²) < 4.78 is 38.6. The molecule has 6 nitrogen and oxygen atoms in total. The molecule has 9 heteroatoms. The van der Waals surface area contributed by atoms with Crippen molar-refractivity contribution in [2.24, 2.45) is 0 Å². The molecule has 0 aromatic heterocycles. The predicted molar refractivity (Wildman–Crippen MR) is 94.6 cm³/mol. The van der Waals surface area contributed by atoms with Crippen molar-refractivity contribution >= 4 is 29.2 Å². The first-order valence-corrected chi connectivity index (χ1v) is 8.08. The van der Waals surface area contributed by atoms with Crippen LogP contribution >= 0.6 is 11.6 Å². The fourth-order valence-electron chi connectivity index (χ4n) is 2.07. The van der Waals surface area contributed by atoms with Gasteiger partial charge in [-0.2, -0.15) is 8.78 Å². The second kappa shape index (κ2) is 9.18. The summed E-state index contributed by atoms with van der Waals surface area (Å²) in [7, 11) is 1.43. The molecule has 0 heterocycles. The molecule has 0 unspecified atom stereocenters. The van der Waals surface area contributed by atoms with Gasteiger partial charge in [-0.3, -0.25) is 4.79 Å². The number of hydrogen-bond acceptors (Lipinski definition) is 5. The molecule has 27 heavy (non-hydrogen) atoms. The van der Waals surface area contributed by atoms with E-state index in [1.54, 1.807) is 12.1 Å². The molecule has 0 saturated carbocycles. The van der Waals surface area contributed by atoms with Gasteiger partial charge in [0.15, 0.2) is 6.10 Å². The van der Waals surface area contributed by atoms with Gasteiger partial charge in [0.2, 0.25) is 0 Å². The number of nitrogens with one attached hydrogen (secondary N) is 1. The van der Waals surface area contributed by atoms with Gasteiger partial charge in [-0.15, -0.1) is 0 Å². The highest BCUT2D eigenvalue weighted by molar-refractivity contribution is 6.31. The van der Waals surface area contributed by atoms with Gasteiger partial charge in [-0.05, 0) is 49.4 Å². The molecular formula is C18H16ClF2NO5. The first-order valence-electron chi connectivity index (χ1n) is 7.70. The summed E-state index contributed by atoms with van der Waals surface area (Å²) in [5, 5.41) is 2.95. The van der Waals surface area contributed by atoms with Crippen LogP contribution in [-0.4, -0.2) is 31.7 Å². The van der Waals surface area contributed by atoms with Gasteiger partial charge in [0.25, 0.3) is 5.91 Å². The van der Waals surface area contributed by atoms with Crippen molar-refractivity contribution in [2.75, 3.05) is 12.4 Å². The summed E-state index contributed by atoms with van der Waals surface area (Å²) >= 11 is 5.90. The molecule has 1 amide bonds. The van der Waals surface area contributed by atoms with Gasteiger partial charge in [0.1, 0.15) is 11.5 Å². The average Bonchev–Trinajstić information content (AvgIpc) is 2.61. The van der Waals surface area contributed by atoms with Crippen molar-refractivity contribution in [1.82, 2.24) is 0 Å². The topological polar surface area (TPSA) is 73.9 Å². The molecule has 1 atom stereocenters. The van der Waals surface area contributed by atoms with Gasteiger partial charge < -0.3 is 19.5 Å². The Balaban J connectivity index is 1.99. The molecule has 0 aliphatic carbocycles. The summed E-state index contributed by atoms with van der Waals surface area (Å²) in [6.45, 7) is -1.58. The van der Waals surface area contributed by atoms with Crippen LogP contribution < -0.4 is 14.8 Å². The van der Waals surface area contributed by atoms with Crippen molar-refractivity contribution in [2.45, 2.75) is 19.6 Å². The van der Waals surface area contributed by atoms with Crippen molar-refractivity contribution in [1.29, 1.82) is 0 Å². The molecular weight excluding hydrogens is 384 g/mol. The molecule has 0 spiro atoms. The number of alkyl halides is 2. The van der Waals surface area contributed by atoms with Gasteiger partial charge in [0, 0.05) is 5.02 Å². The van der Waals surface area contributed by atoms with Crippen molar-refractivity contribution in [3.05, 3.63) is 53.1 Å². The summed E-state index contributed by atoms with van der Waals surface area (Å²) in [5.41, 5.74) is 0.406. The highest BCUT2D eigenvalue weighted by atomic mass is 35.5. The van der Waals surface area contributed by atoms with E-state index in [4.69, 9.17) is 21.1 Å². The SMILES string of the molecule is COc1ccc(Cl)cc1NC(=O)[C@@H](C)OC(=O)c1ccc(OC(F)F)cc1. The van der Waals surface area contributed by atoms with Gasteiger partial charge >= 0.3 is 12.6 Å². The second-order valence-corrected chi connectivity index (χ2v) is 5.72. The van der Waals surface area contributed by atoms with Crippen molar-refractivity contribution < 1.29 is 32.6 Å². The monoisotopic (exact) mass is 399 g/mol. The van der Waals surface area contributed by atoms with Crippen LogP contribution in [0.4, 0.5) is 14.5 Å². The van der Waals surface area contributed by atoms with E-state index in [9.17, 15) is 18.4 Å². The second-order valence-electron chi connectivity index (χ2n) is 5.28. The lowest BCUT2D eigenvalue weighted by Gasteiger charge is -2.15. The number of ether oxygens (including phenoxy) is 3. The molecule has 0 saturated heterocycles. The average molecular weight is 400 g/mol. The molecule has 0 radical (unpaired) electrons. The zero-order chi connectivity index (χ0) is 20.0. The van der Waals surface area contributed by atoms with Crippen LogP contribution in [0.5, 0.6) is 11.5 Å². The maximum absolute atomic E-state index is 12.2. The standard InChI is InChI=1S/C18H16ClF2NO5/c1-10(16(23)22-14-9-12(19)5-8-15(14)25-2)26-17(24)11-3-6-13(7-4-11)27-18(20)21/h3-10,18H,1-2H3,(H,22,23)/t10-/m1/s1.